The Bertz CT molecular complexity index is 294. The first-order valence-corrected chi connectivity index (χ1v) is 3.27. The van der Waals surface area contributed by atoms with Gasteiger partial charge >= 0.3 is 0 Å². The highest BCUT2D eigenvalue weighted by Crippen LogP contribution is 2.07. The highest BCUT2D eigenvalue weighted by atomic mass is 16.5. The minimum atomic E-state index is -0.637. The lowest BCUT2D eigenvalue weighted by atomic mass is 10.4. The van der Waals surface area contributed by atoms with E-state index in [1.807, 2.05) is 0 Å². The van der Waals surface area contributed by atoms with Gasteiger partial charge in [-0.3, -0.25) is 4.79 Å². The van der Waals surface area contributed by atoms with Crippen LogP contribution in [0.1, 0.15) is 10.5 Å². The number of ether oxygens (including phenoxy) is 1. The zero-order valence-corrected chi connectivity index (χ0v) is 6.65. The maximum atomic E-state index is 10.7. The van der Waals surface area contributed by atoms with Crippen LogP contribution in [0.25, 0.3) is 0 Å². The molecule has 0 aliphatic rings. The molecule has 0 spiro atoms. The van der Waals surface area contributed by atoms with E-state index in [1.54, 1.807) is 0 Å². The Balaban J connectivity index is 2.92. The third-order valence-corrected chi connectivity index (χ3v) is 1.28. The molecule has 1 rings (SSSR count). The van der Waals surface area contributed by atoms with Crippen LogP contribution in [0.4, 0.5) is 5.69 Å². The summed E-state index contributed by atoms with van der Waals surface area (Å²) < 4.78 is 6.17. The van der Waals surface area contributed by atoms with Gasteiger partial charge in [-0.1, -0.05) is 0 Å². The summed E-state index contributed by atoms with van der Waals surface area (Å²) in [7, 11) is 1.52. The van der Waals surface area contributed by atoms with Crippen molar-refractivity contribution in [2.45, 2.75) is 6.73 Å². The normalized spacial score (nSPS) is 10.1. The predicted octanol–water partition coefficient (Wildman–Crippen LogP) is -0.832. The minimum absolute atomic E-state index is 0.0760. The molecule has 1 aromatic rings. The molecular formula is C6H10N4O2. The number of methoxy groups -OCH3 is 1. The lowest BCUT2D eigenvalue weighted by molar-refractivity contribution is 0.0987. The Morgan fingerprint density at radius 2 is 2.50 bits per heavy atom. The van der Waals surface area contributed by atoms with Crippen LogP contribution in [0.15, 0.2) is 6.20 Å². The average Bonchev–Trinajstić information content (AvgIpc) is 2.32. The number of hydrogen-bond acceptors (Lipinski definition) is 4. The van der Waals surface area contributed by atoms with Crippen LogP contribution in [-0.2, 0) is 11.5 Å². The number of nitrogen functional groups attached to an aromatic ring is 1. The second kappa shape index (κ2) is 3.22. The van der Waals surface area contributed by atoms with Crippen LogP contribution < -0.4 is 11.5 Å². The van der Waals surface area contributed by atoms with Gasteiger partial charge in [0.1, 0.15) is 6.73 Å². The highest BCUT2D eigenvalue weighted by molar-refractivity contribution is 5.95. The zero-order valence-electron chi connectivity index (χ0n) is 6.65. The van der Waals surface area contributed by atoms with E-state index in [1.165, 1.54) is 18.0 Å². The molecule has 4 N–H and O–H groups in total. The topological polar surface area (TPSA) is 96.2 Å². The largest absolute Gasteiger partial charge is 0.396 e. The van der Waals surface area contributed by atoms with Gasteiger partial charge in [-0.2, -0.15) is 5.10 Å². The van der Waals surface area contributed by atoms with E-state index in [9.17, 15) is 4.79 Å². The lowest BCUT2D eigenvalue weighted by Crippen LogP contribution is -2.14. The van der Waals surface area contributed by atoms with E-state index in [-0.39, 0.29) is 18.1 Å². The van der Waals surface area contributed by atoms with Gasteiger partial charge < -0.3 is 16.2 Å². The highest BCUT2D eigenvalue weighted by Gasteiger charge is 2.10. The van der Waals surface area contributed by atoms with E-state index in [0.29, 0.717) is 0 Å². The maximum absolute atomic E-state index is 10.7. The van der Waals surface area contributed by atoms with E-state index in [2.05, 4.69) is 5.10 Å². The van der Waals surface area contributed by atoms with Crippen LogP contribution in [0, 0.1) is 0 Å². The summed E-state index contributed by atoms with van der Waals surface area (Å²) in [6.07, 6.45) is 1.49. The Morgan fingerprint density at radius 1 is 1.83 bits per heavy atom. The van der Waals surface area contributed by atoms with Gasteiger partial charge in [0, 0.05) is 7.11 Å². The number of rotatable bonds is 3. The van der Waals surface area contributed by atoms with Gasteiger partial charge in [-0.25, -0.2) is 4.68 Å². The summed E-state index contributed by atoms with van der Waals surface area (Å²) in [4.78, 5) is 10.7. The molecule has 0 aliphatic carbocycles. The van der Waals surface area contributed by atoms with Crippen molar-refractivity contribution in [1.29, 1.82) is 0 Å². The van der Waals surface area contributed by atoms with Crippen molar-refractivity contribution in [1.82, 2.24) is 9.78 Å². The Labute approximate surface area is 69.1 Å². The Hall–Kier alpha value is -1.56. The molecule has 0 radical (unpaired) electrons. The van der Waals surface area contributed by atoms with Crippen molar-refractivity contribution in [3.05, 3.63) is 11.9 Å². The van der Waals surface area contributed by atoms with Gasteiger partial charge in [0.2, 0.25) is 0 Å². The Kier molecular flexibility index (Phi) is 2.29. The first kappa shape index (κ1) is 8.54. The summed E-state index contributed by atoms with van der Waals surface area (Å²) in [5.74, 6) is -0.637. The fraction of sp³-hybridized carbons (Fsp3) is 0.333. The third-order valence-electron chi connectivity index (χ3n) is 1.28. The summed E-state index contributed by atoms with van der Waals surface area (Å²) in [5, 5.41) is 3.79. The third kappa shape index (κ3) is 1.54. The Morgan fingerprint density at radius 3 is 2.92 bits per heavy atom. The molecule has 0 saturated carbocycles. The second-order valence-electron chi connectivity index (χ2n) is 2.25. The predicted molar refractivity (Wildman–Crippen MR) is 42.2 cm³/mol. The van der Waals surface area contributed by atoms with Gasteiger partial charge in [0.15, 0.2) is 5.69 Å². The van der Waals surface area contributed by atoms with Crippen molar-refractivity contribution >= 4 is 11.6 Å². The number of nitrogens with zero attached hydrogens (tertiary/aromatic N) is 2. The number of hydrogen-bond donors (Lipinski definition) is 2. The monoisotopic (exact) mass is 170 g/mol. The number of aromatic nitrogens is 2. The van der Waals surface area contributed by atoms with Crippen LogP contribution in [0.3, 0.4) is 0 Å². The smallest absolute Gasteiger partial charge is 0.271 e. The van der Waals surface area contributed by atoms with Gasteiger partial charge in [0.05, 0.1) is 11.9 Å². The molecule has 0 bridgehead atoms. The molecule has 66 valence electrons. The van der Waals surface area contributed by atoms with Crippen molar-refractivity contribution in [3.63, 3.8) is 0 Å². The number of carbonyl (C=O) groups is 1. The fourth-order valence-corrected chi connectivity index (χ4v) is 0.827. The number of nitrogens with two attached hydrogens (primary N) is 2. The second-order valence-corrected chi connectivity index (χ2v) is 2.25. The molecule has 6 nitrogen and oxygen atoms in total. The van der Waals surface area contributed by atoms with E-state index < -0.39 is 5.91 Å². The molecule has 0 unspecified atom stereocenters. The van der Waals surface area contributed by atoms with E-state index in [4.69, 9.17) is 16.2 Å². The van der Waals surface area contributed by atoms with Crippen molar-refractivity contribution in [2.75, 3.05) is 12.8 Å². The summed E-state index contributed by atoms with van der Waals surface area (Å²) in [6, 6.07) is 0. The molecule has 1 heterocycles. The number of amides is 1. The molecule has 0 saturated heterocycles. The molecule has 12 heavy (non-hydrogen) atoms. The summed E-state index contributed by atoms with van der Waals surface area (Å²) in [5.41, 5.74) is 10.8. The van der Waals surface area contributed by atoms with Gasteiger partial charge in [0.25, 0.3) is 5.91 Å². The molecule has 1 aromatic heterocycles. The van der Waals surface area contributed by atoms with Crippen LogP contribution in [0.2, 0.25) is 0 Å². The zero-order chi connectivity index (χ0) is 9.14. The average molecular weight is 170 g/mol. The number of carbonyl (C=O) groups excluding carboxylic acids is 1. The van der Waals surface area contributed by atoms with Crippen LogP contribution in [-0.4, -0.2) is 22.8 Å². The molecule has 1 amide bonds. The number of anilines is 1. The quantitative estimate of drug-likeness (QED) is 0.618. The fourth-order valence-electron chi connectivity index (χ4n) is 0.827. The molecule has 0 aliphatic heterocycles. The first-order valence-electron chi connectivity index (χ1n) is 3.27. The summed E-state index contributed by atoms with van der Waals surface area (Å²) >= 11 is 0. The standard InChI is InChI=1S/C6H10N4O2/c1-12-3-10-2-4(7)5(9-10)6(8)11/h2H,3,7H2,1H3,(H2,8,11). The van der Waals surface area contributed by atoms with Crippen molar-refractivity contribution < 1.29 is 9.53 Å². The molecule has 6 heteroatoms. The van der Waals surface area contributed by atoms with Crippen LogP contribution in [0.5, 0.6) is 0 Å². The SMILES string of the molecule is COCn1cc(N)c(C(N)=O)n1. The number of primary amides is 1. The van der Waals surface area contributed by atoms with Gasteiger partial charge in [-0.05, 0) is 0 Å². The van der Waals surface area contributed by atoms with Crippen LogP contribution >= 0.6 is 0 Å². The van der Waals surface area contributed by atoms with E-state index in [0.717, 1.165) is 0 Å². The molecular weight excluding hydrogens is 160 g/mol. The van der Waals surface area contributed by atoms with Crippen molar-refractivity contribution in [2.24, 2.45) is 5.73 Å². The first-order chi connectivity index (χ1) is 5.65. The maximum Gasteiger partial charge on any atom is 0.271 e. The molecule has 0 atom stereocenters. The van der Waals surface area contributed by atoms with E-state index >= 15 is 0 Å². The molecule has 0 aromatic carbocycles. The summed E-state index contributed by atoms with van der Waals surface area (Å²) in [6.45, 7) is 0.247. The van der Waals surface area contributed by atoms with Crippen molar-refractivity contribution in [3.8, 4) is 0 Å². The van der Waals surface area contributed by atoms with Gasteiger partial charge in [-0.15, -0.1) is 0 Å². The lowest BCUT2D eigenvalue weighted by Gasteiger charge is -1.95. The minimum Gasteiger partial charge on any atom is -0.396 e. The molecule has 0 fully saturated rings.